The zero-order valence-electron chi connectivity index (χ0n) is 5.82. The maximum atomic E-state index is 4.21. The van der Waals surface area contributed by atoms with Crippen molar-refractivity contribution in [2.45, 2.75) is 0 Å². The van der Waals surface area contributed by atoms with Gasteiger partial charge in [-0.3, -0.25) is 0 Å². The molecular weight excluding hydrogens is 154 g/mol. The van der Waals surface area contributed by atoms with E-state index in [2.05, 4.69) is 10.4 Å². The lowest BCUT2D eigenvalue weighted by Crippen LogP contribution is -1.73. The summed E-state index contributed by atoms with van der Waals surface area (Å²) < 4.78 is 4.21. The standard InChI is InChI=1S/C9H6NS/c1-2-4-8(5-3-1)9-6-7-11-10-9/h1-2,4-7H. The molecule has 1 nitrogen and oxygen atoms in total. The van der Waals surface area contributed by atoms with Gasteiger partial charge in [-0.2, -0.15) is 4.37 Å². The number of hydrogen-bond donors (Lipinski definition) is 0. The maximum absolute atomic E-state index is 4.21. The SMILES string of the molecule is [c]1cccc(-c2ccsn2)c1. The van der Waals surface area contributed by atoms with Gasteiger partial charge in [0.2, 0.25) is 0 Å². The molecule has 0 N–H and O–H groups in total. The van der Waals surface area contributed by atoms with Crippen LogP contribution in [0.15, 0.2) is 35.7 Å². The number of benzene rings is 1. The van der Waals surface area contributed by atoms with Gasteiger partial charge in [0.15, 0.2) is 0 Å². The molecule has 53 valence electrons. The topological polar surface area (TPSA) is 12.9 Å². The Kier molecular flexibility index (Phi) is 1.69. The van der Waals surface area contributed by atoms with Gasteiger partial charge in [0.05, 0.1) is 5.69 Å². The third-order valence-corrected chi connectivity index (χ3v) is 2.00. The van der Waals surface area contributed by atoms with Crippen molar-refractivity contribution >= 4 is 11.5 Å². The molecule has 0 aliphatic heterocycles. The van der Waals surface area contributed by atoms with E-state index < -0.39 is 0 Å². The molecule has 0 aliphatic carbocycles. The normalized spacial score (nSPS) is 9.82. The van der Waals surface area contributed by atoms with Crippen LogP contribution in [0, 0.1) is 6.07 Å². The fraction of sp³-hybridized carbons (Fsp3) is 0. The Morgan fingerprint density at radius 1 is 1.36 bits per heavy atom. The van der Waals surface area contributed by atoms with Crippen molar-refractivity contribution in [1.29, 1.82) is 0 Å². The second-order valence-electron chi connectivity index (χ2n) is 2.18. The van der Waals surface area contributed by atoms with Crippen LogP contribution >= 0.6 is 11.5 Å². The molecule has 0 fully saturated rings. The Bertz CT molecular complexity index is 313. The van der Waals surface area contributed by atoms with E-state index in [9.17, 15) is 0 Å². The van der Waals surface area contributed by atoms with E-state index in [0.717, 1.165) is 11.3 Å². The fourth-order valence-electron chi connectivity index (χ4n) is 0.914. The van der Waals surface area contributed by atoms with Crippen LogP contribution in [0.2, 0.25) is 0 Å². The average molecular weight is 160 g/mol. The largest absolute Gasteiger partial charge is 0.193 e. The minimum Gasteiger partial charge on any atom is -0.193 e. The number of aromatic nitrogens is 1. The lowest BCUT2D eigenvalue weighted by Gasteiger charge is -1.91. The van der Waals surface area contributed by atoms with Crippen LogP contribution < -0.4 is 0 Å². The van der Waals surface area contributed by atoms with Crippen LogP contribution in [-0.2, 0) is 0 Å². The molecule has 0 saturated carbocycles. The summed E-state index contributed by atoms with van der Waals surface area (Å²) in [5.41, 5.74) is 2.17. The summed E-state index contributed by atoms with van der Waals surface area (Å²) in [6.45, 7) is 0. The summed E-state index contributed by atoms with van der Waals surface area (Å²) in [7, 11) is 0. The molecule has 1 radical (unpaired) electrons. The van der Waals surface area contributed by atoms with E-state index in [-0.39, 0.29) is 0 Å². The van der Waals surface area contributed by atoms with Gasteiger partial charge in [-0.05, 0) is 29.7 Å². The summed E-state index contributed by atoms with van der Waals surface area (Å²) >= 11 is 1.47. The van der Waals surface area contributed by atoms with Gasteiger partial charge in [-0.1, -0.05) is 18.2 Å². The first-order valence-corrected chi connectivity index (χ1v) is 4.17. The highest BCUT2D eigenvalue weighted by Crippen LogP contribution is 2.16. The van der Waals surface area contributed by atoms with E-state index >= 15 is 0 Å². The van der Waals surface area contributed by atoms with Crippen molar-refractivity contribution in [3.8, 4) is 11.3 Å². The van der Waals surface area contributed by atoms with Gasteiger partial charge >= 0.3 is 0 Å². The first-order chi connectivity index (χ1) is 5.47. The predicted molar refractivity (Wildman–Crippen MR) is 46.4 cm³/mol. The molecule has 1 heterocycles. The lowest BCUT2D eigenvalue weighted by atomic mass is 10.2. The summed E-state index contributed by atoms with van der Waals surface area (Å²) in [6.07, 6.45) is 0. The Hall–Kier alpha value is -1.15. The molecule has 0 spiro atoms. The van der Waals surface area contributed by atoms with Crippen molar-refractivity contribution in [2.24, 2.45) is 0 Å². The van der Waals surface area contributed by atoms with Gasteiger partial charge < -0.3 is 0 Å². The summed E-state index contributed by atoms with van der Waals surface area (Å²) in [5.74, 6) is 0. The fourth-order valence-corrected chi connectivity index (χ4v) is 1.44. The second-order valence-corrected chi connectivity index (χ2v) is 2.84. The highest BCUT2D eigenvalue weighted by Gasteiger charge is 1.95. The molecule has 0 unspecified atom stereocenters. The Labute approximate surface area is 69.5 Å². The van der Waals surface area contributed by atoms with Gasteiger partial charge in [0.25, 0.3) is 0 Å². The minimum atomic E-state index is 1.03. The average Bonchev–Trinajstić information content (AvgIpc) is 2.58. The van der Waals surface area contributed by atoms with Crippen LogP contribution in [0.25, 0.3) is 11.3 Å². The minimum absolute atomic E-state index is 1.03. The third-order valence-electron chi connectivity index (χ3n) is 1.44. The number of nitrogens with zero attached hydrogens (tertiary/aromatic N) is 1. The molecule has 2 heteroatoms. The number of hydrogen-bond acceptors (Lipinski definition) is 2. The van der Waals surface area contributed by atoms with E-state index in [1.807, 2.05) is 35.7 Å². The Morgan fingerprint density at radius 2 is 2.36 bits per heavy atom. The molecule has 11 heavy (non-hydrogen) atoms. The van der Waals surface area contributed by atoms with Crippen molar-refractivity contribution in [2.75, 3.05) is 0 Å². The van der Waals surface area contributed by atoms with Crippen LogP contribution in [-0.4, -0.2) is 4.37 Å². The molecule has 0 bridgehead atoms. The summed E-state index contributed by atoms with van der Waals surface area (Å²) in [4.78, 5) is 0. The van der Waals surface area contributed by atoms with E-state index in [4.69, 9.17) is 0 Å². The van der Waals surface area contributed by atoms with Crippen LogP contribution in [0.3, 0.4) is 0 Å². The van der Waals surface area contributed by atoms with Crippen molar-refractivity contribution in [1.82, 2.24) is 4.37 Å². The Balaban J connectivity index is 2.46. The zero-order chi connectivity index (χ0) is 7.52. The first kappa shape index (κ1) is 6.55. The van der Waals surface area contributed by atoms with Crippen LogP contribution in [0.4, 0.5) is 0 Å². The van der Waals surface area contributed by atoms with E-state index in [1.165, 1.54) is 11.5 Å². The number of rotatable bonds is 1. The molecule has 1 aromatic carbocycles. The van der Waals surface area contributed by atoms with Gasteiger partial charge in [-0.15, -0.1) is 0 Å². The molecule has 0 atom stereocenters. The molecule has 0 amide bonds. The maximum Gasteiger partial charge on any atom is 0.0840 e. The van der Waals surface area contributed by atoms with Gasteiger partial charge in [0, 0.05) is 10.9 Å². The van der Waals surface area contributed by atoms with Crippen molar-refractivity contribution < 1.29 is 0 Å². The second kappa shape index (κ2) is 2.84. The molecule has 1 aromatic heterocycles. The van der Waals surface area contributed by atoms with Gasteiger partial charge in [0.1, 0.15) is 0 Å². The van der Waals surface area contributed by atoms with Gasteiger partial charge in [-0.25, -0.2) is 0 Å². The lowest BCUT2D eigenvalue weighted by molar-refractivity contribution is 1.52. The third kappa shape index (κ3) is 1.30. The summed E-state index contributed by atoms with van der Waals surface area (Å²) in [5, 5.41) is 1.97. The molecule has 2 rings (SSSR count). The molecule has 2 aromatic rings. The predicted octanol–water partition coefficient (Wildman–Crippen LogP) is 2.61. The van der Waals surface area contributed by atoms with E-state index in [1.54, 1.807) is 0 Å². The Morgan fingerprint density at radius 3 is 3.00 bits per heavy atom. The smallest absolute Gasteiger partial charge is 0.0840 e. The molecule has 0 aliphatic rings. The van der Waals surface area contributed by atoms with Crippen molar-refractivity contribution in [3.05, 3.63) is 41.8 Å². The van der Waals surface area contributed by atoms with Crippen LogP contribution in [0.1, 0.15) is 0 Å². The monoisotopic (exact) mass is 160 g/mol. The molecular formula is C9H6NS. The summed E-state index contributed by atoms with van der Waals surface area (Å²) in [6, 6.07) is 12.8. The quantitative estimate of drug-likeness (QED) is 0.625. The highest BCUT2D eigenvalue weighted by molar-refractivity contribution is 7.03. The van der Waals surface area contributed by atoms with Crippen LogP contribution in [0.5, 0.6) is 0 Å². The van der Waals surface area contributed by atoms with Crippen molar-refractivity contribution in [3.63, 3.8) is 0 Å². The first-order valence-electron chi connectivity index (χ1n) is 3.34. The zero-order valence-corrected chi connectivity index (χ0v) is 6.64. The van der Waals surface area contributed by atoms with E-state index in [0.29, 0.717) is 0 Å². The molecule has 0 saturated heterocycles. The highest BCUT2D eigenvalue weighted by atomic mass is 32.1.